The van der Waals surface area contributed by atoms with Gasteiger partial charge < -0.3 is 15.3 Å². The fourth-order valence-electron chi connectivity index (χ4n) is 2.43. The van der Waals surface area contributed by atoms with E-state index in [0.29, 0.717) is 0 Å². The molecular formula is C15H14N6. The van der Waals surface area contributed by atoms with E-state index in [4.69, 9.17) is 0 Å². The van der Waals surface area contributed by atoms with Gasteiger partial charge in [0.2, 0.25) is 0 Å². The van der Waals surface area contributed by atoms with Gasteiger partial charge in [0.1, 0.15) is 17.7 Å². The molecule has 0 radical (unpaired) electrons. The number of H-pyrrole nitrogens is 2. The zero-order valence-electron chi connectivity index (χ0n) is 11.5. The van der Waals surface area contributed by atoms with Crippen molar-refractivity contribution in [1.29, 1.82) is 0 Å². The Balaban J connectivity index is 1.68. The van der Waals surface area contributed by atoms with Gasteiger partial charge in [-0.05, 0) is 25.1 Å². The maximum atomic E-state index is 4.60. The van der Waals surface area contributed by atoms with Crippen LogP contribution in [0.5, 0.6) is 0 Å². The van der Waals surface area contributed by atoms with Crippen LogP contribution < -0.4 is 5.32 Å². The van der Waals surface area contributed by atoms with E-state index in [0.717, 1.165) is 33.7 Å². The van der Waals surface area contributed by atoms with E-state index >= 15 is 0 Å². The molecule has 3 N–H and O–H groups in total. The highest BCUT2D eigenvalue weighted by molar-refractivity contribution is 5.85. The van der Waals surface area contributed by atoms with Gasteiger partial charge in [-0.1, -0.05) is 12.1 Å². The van der Waals surface area contributed by atoms with Crippen molar-refractivity contribution in [1.82, 2.24) is 24.9 Å². The zero-order valence-corrected chi connectivity index (χ0v) is 11.5. The summed E-state index contributed by atoms with van der Waals surface area (Å²) >= 11 is 0. The van der Waals surface area contributed by atoms with Crippen LogP contribution in [0.15, 0.2) is 42.9 Å². The average molecular weight is 278 g/mol. The molecule has 0 saturated carbocycles. The summed E-state index contributed by atoms with van der Waals surface area (Å²) in [6.07, 6.45) is 3.42. The summed E-state index contributed by atoms with van der Waals surface area (Å²) in [6.45, 7) is 2.05. The summed E-state index contributed by atoms with van der Waals surface area (Å²) in [4.78, 5) is 19.6. The Hall–Kier alpha value is -2.89. The van der Waals surface area contributed by atoms with Gasteiger partial charge in [-0.15, -0.1) is 0 Å². The van der Waals surface area contributed by atoms with Crippen LogP contribution in [0.2, 0.25) is 0 Å². The van der Waals surface area contributed by atoms with Crippen molar-refractivity contribution in [2.45, 2.75) is 13.0 Å². The molecule has 0 aliphatic heterocycles. The van der Waals surface area contributed by atoms with Crippen LogP contribution in [0.3, 0.4) is 0 Å². The lowest BCUT2D eigenvalue weighted by Gasteiger charge is -2.12. The van der Waals surface area contributed by atoms with Gasteiger partial charge in [0.05, 0.1) is 22.6 Å². The molecule has 0 amide bonds. The van der Waals surface area contributed by atoms with E-state index in [1.54, 1.807) is 6.33 Å². The summed E-state index contributed by atoms with van der Waals surface area (Å²) in [5.41, 5.74) is 3.80. The molecule has 0 spiro atoms. The maximum absolute atomic E-state index is 4.60. The van der Waals surface area contributed by atoms with E-state index in [1.165, 1.54) is 0 Å². The number of aromatic amines is 2. The lowest BCUT2D eigenvalue weighted by atomic mass is 10.3. The number of hydrogen-bond acceptors (Lipinski definition) is 4. The highest BCUT2D eigenvalue weighted by atomic mass is 15.1. The van der Waals surface area contributed by atoms with Crippen molar-refractivity contribution >= 4 is 27.9 Å². The SMILES string of the molecule is CC(Nc1ncnc2cc[nH]c12)c1nc2ccccc2[nH]1. The first-order chi connectivity index (χ1) is 10.3. The number of anilines is 1. The number of imidazole rings is 1. The number of aromatic nitrogens is 5. The number of benzene rings is 1. The quantitative estimate of drug-likeness (QED) is 0.538. The molecule has 6 nitrogen and oxygen atoms in total. The van der Waals surface area contributed by atoms with Crippen molar-refractivity contribution in [2.75, 3.05) is 5.32 Å². The number of nitrogens with zero attached hydrogens (tertiary/aromatic N) is 3. The van der Waals surface area contributed by atoms with Crippen molar-refractivity contribution < 1.29 is 0 Å². The highest BCUT2D eigenvalue weighted by Gasteiger charge is 2.13. The molecule has 0 bridgehead atoms. The molecule has 6 heteroatoms. The predicted octanol–water partition coefficient (Wildman–Crippen LogP) is 3.01. The minimum Gasteiger partial charge on any atom is -0.359 e. The number of para-hydroxylation sites is 2. The fourth-order valence-corrected chi connectivity index (χ4v) is 2.43. The largest absolute Gasteiger partial charge is 0.359 e. The maximum Gasteiger partial charge on any atom is 0.154 e. The van der Waals surface area contributed by atoms with Crippen LogP contribution in [0.1, 0.15) is 18.8 Å². The van der Waals surface area contributed by atoms with E-state index in [-0.39, 0.29) is 6.04 Å². The zero-order chi connectivity index (χ0) is 14.2. The Labute approximate surface area is 120 Å². The Morgan fingerprint density at radius 1 is 1.10 bits per heavy atom. The van der Waals surface area contributed by atoms with Crippen LogP contribution in [-0.2, 0) is 0 Å². The molecule has 1 unspecified atom stereocenters. The molecule has 1 atom stereocenters. The predicted molar refractivity (Wildman–Crippen MR) is 82.0 cm³/mol. The van der Waals surface area contributed by atoms with Gasteiger partial charge in [-0.25, -0.2) is 15.0 Å². The first-order valence-electron chi connectivity index (χ1n) is 6.80. The van der Waals surface area contributed by atoms with Gasteiger partial charge >= 0.3 is 0 Å². The summed E-state index contributed by atoms with van der Waals surface area (Å²) < 4.78 is 0. The Morgan fingerprint density at radius 2 is 2.00 bits per heavy atom. The minimum absolute atomic E-state index is 0.0128. The smallest absolute Gasteiger partial charge is 0.154 e. The Bertz CT molecular complexity index is 873. The molecule has 104 valence electrons. The second-order valence-corrected chi connectivity index (χ2v) is 4.97. The third-order valence-electron chi connectivity index (χ3n) is 3.52. The van der Waals surface area contributed by atoms with E-state index < -0.39 is 0 Å². The van der Waals surface area contributed by atoms with Crippen LogP contribution in [-0.4, -0.2) is 24.9 Å². The number of rotatable bonds is 3. The first kappa shape index (κ1) is 11.9. The van der Waals surface area contributed by atoms with E-state index in [2.05, 4.69) is 37.2 Å². The third-order valence-corrected chi connectivity index (χ3v) is 3.52. The number of nitrogens with one attached hydrogen (secondary N) is 3. The molecule has 0 aliphatic rings. The summed E-state index contributed by atoms with van der Waals surface area (Å²) in [5, 5.41) is 3.37. The summed E-state index contributed by atoms with van der Waals surface area (Å²) in [6, 6.07) is 9.93. The lowest BCUT2D eigenvalue weighted by molar-refractivity contribution is 0.809. The molecule has 3 aromatic heterocycles. The molecule has 0 fully saturated rings. The van der Waals surface area contributed by atoms with Crippen molar-refractivity contribution in [3.05, 3.63) is 48.7 Å². The molecule has 4 aromatic rings. The van der Waals surface area contributed by atoms with Gasteiger partial charge in [-0.3, -0.25) is 0 Å². The highest BCUT2D eigenvalue weighted by Crippen LogP contribution is 2.22. The molecule has 1 aromatic carbocycles. The second-order valence-electron chi connectivity index (χ2n) is 4.97. The van der Waals surface area contributed by atoms with Gasteiger partial charge in [0, 0.05) is 6.20 Å². The van der Waals surface area contributed by atoms with E-state index in [9.17, 15) is 0 Å². The van der Waals surface area contributed by atoms with Gasteiger partial charge in [0.25, 0.3) is 0 Å². The second kappa shape index (κ2) is 4.59. The van der Waals surface area contributed by atoms with Crippen LogP contribution >= 0.6 is 0 Å². The number of hydrogen-bond donors (Lipinski definition) is 3. The number of fused-ring (bicyclic) bond motifs is 2. The van der Waals surface area contributed by atoms with Crippen LogP contribution in [0.4, 0.5) is 5.82 Å². The lowest BCUT2D eigenvalue weighted by Crippen LogP contribution is -2.10. The topological polar surface area (TPSA) is 82.3 Å². The molecule has 0 saturated heterocycles. The molecule has 4 rings (SSSR count). The van der Waals surface area contributed by atoms with Crippen molar-refractivity contribution in [2.24, 2.45) is 0 Å². The van der Waals surface area contributed by atoms with Crippen molar-refractivity contribution in [3.63, 3.8) is 0 Å². The van der Waals surface area contributed by atoms with Gasteiger partial charge in [0.15, 0.2) is 5.82 Å². The van der Waals surface area contributed by atoms with Crippen molar-refractivity contribution in [3.8, 4) is 0 Å². The Kier molecular flexibility index (Phi) is 2.60. The molecule has 21 heavy (non-hydrogen) atoms. The summed E-state index contributed by atoms with van der Waals surface area (Å²) in [5.74, 6) is 1.66. The molecule has 0 aliphatic carbocycles. The Morgan fingerprint density at radius 3 is 2.90 bits per heavy atom. The third kappa shape index (κ3) is 2.01. The van der Waals surface area contributed by atoms with Crippen LogP contribution in [0.25, 0.3) is 22.1 Å². The first-order valence-corrected chi connectivity index (χ1v) is 6.80. The van der Waals surface area contributed by atoms with Crippen LogP contribution in [0, 0.1) is 0 Å². The normalized spacial score (nSPS) is 12.8. The minimum atomic E-state index is 0.0128. The standard InChI is InChI=1S/C15H14N6/c1-9(14-20-10-4-2-3-5-11(10)21-14)19-15-13-12(6-7-16-13)17-8-18-15/h2-9,16H,1H3,(H,20,21)(H,17,18,19). The van der Waals surface area contributed by atoms with E-state index in [1.807, 2.05) is 36.5 Å². The monoisotopic (exact) mass is 278 g/mol. The molecular weight excluding hydrogens is 264 g/mol. The average Bonchev–Trinajstić information content (AvgIpc) is 3.14. The summed E-state index contributed by atoms with van der Waals surface area (Å²) in [7, 11) is 0. The fraction of sp³-hybridized carbons (Fsp3) is 0.133. The molecule has 3 heterocycles. The van der Waals surface area contributed by atoms with Gasteiger partial charge in [-0.2, -0.15) is 0 Å².